The van der Waals surface area contributed by atoms with Crippen molar-refractivity contribution in [3.63, 3.8) is 0 Å². The Bertz CT molecular complexity index is 506. The van der Waals surface area contributed by atoms with E-state index in [-0.39, 0.29) is 5.54 Å². The highest BCUT2D eigenvalue weighted by Gasteiger charge is 2.51. The van der Waals surface area contributed by atoms with E-state index in [0.29, 0.717) is 0 Å². The summed E-state index contributed by atoms with van der Waals surface area (Å²) in [5, 5.41) is 3.83. The van der Waals surface area contributed by atoms with Gasteiger partial charge in [0, 0.05) is 11.1 Å². The number of hydrogen-bond donors (Lipinski definition) is 3. The van der Waals surface area contributed by atoms with Crippen LogP contribution in [0.25, 0.3) is 0 Å². The molecule has 4 fully saturated rings. The van der Waals surface area contributed by atoms with Gasteiger partial charge in [0.1, 0.15) is 18.0 Å². The zero-order chi connectivity index (χ0) is 14.4. The summed E-state index contributed by atoms with van der Waals surface area (Å²) in [4.78, 5) is 8.75. The van der Waals surface area contributed by atoms with Crippen LogP contribution in [0.15, 0.2) is 6.33 Å². The Hall–Kier alpha value is -1.36. The Morgan fingerprint density at radius 3 is 2.19 bits per heavy atom. The Morgan fingerprint density at radius 1 is 1.10 bits per heavy atom. The molecule has 0 radical (unpaired) electrons. The fourth-order valence-electron chi connectivity index (χ4n) is 5.49. The molecule has 1 heterocycles. The summed E-state index contributed by atoms with van der Waals surface area (Å²) in [7, 11) is 0. The Kier molecular flexibility index (Phi) is 3.06. The summed E-state index contributed by atoms with van der Waals surface area (Å²) in [5.41, 5.74) is 4.09. The van der Waals surface area contributed by atoms with Gasteiger partial charge in [-0.2, -0.15) is 0 Å². The van der Waals surface area contributed by atoms with Crippen molar-refractivity contribution in [3.05, 3.63) is 11.9 Å². The van der Waals surface area contributed by atoms with Gasteiger partial charge in [0.15, 0.2) is 0 Å². The lowest BCUT2D eigenvalue weighted by Crippen LogP contribution is -2.55. The van der Waals surface area contributed by atoms with Crippen LogP contribution in [-0.4, -0.2) is 15.5 Å². The first-order valence-electron chi connectivity index (χ1n) is 8.30. The number of nitrogens with zero attached hydrogens (tertiary/aromatic N) is 2. The van der Waals surface area contributed by atoms with Crippen LogP contribution < -0.4 is 16.6 Å². The first-order valence-corrected chi connectivity index (χ1v) is 8.30. The molecular weight excluding hydrogens is 262 g/mol. The lowest BCUT2D eigenvalue weighted by Gasteiger charge is -2.57. The molecule has 4 bridgehead atoms. The standard InChI is InChI=1S/C16H25N5/c1-2-13-14(18-9-19-15(13)21-17)20-16-6-10-3-11(7-16)5-12(4-10)8-16/h9-12H,2-8,17H2,1H3,(H2,18,19,20,21). The van der Waals surface area contributed by atoms with Gasteiger partial charge in [-0.25, -0.2) is 15.8 Å². The van der Waals surface area contributed by atoms with Crippen LogP contribution in [-0.2, 0) is 6.42 Å². The number of hydrogen-bond acceptors (Lipinski definition) is 5. The molecule has 4 aliphatic carbocycles. The van der Waals surface area contributed by atoms with Gasteiger partial charge in [-0.05, 0) is 62.7 Å². The van der Waals surface area contributed by atoms with E-state index < -0.39 is 0 Å². The van der Waals surface area contributed by atoms with Gasteiger partial charge in [-0.15, -0.1) is 0 Å². The molecule has 0 spiro atoms. The third-order valence-corrected chi connectivity index (χ3v) is 5.86. The van der Waals surface area contributed by atoms with Gasteiger partial charge in [0.25, 0.3) is 0 Å². The number of hydrazine groups is 1. The number of nitrogens with two attached hydrogens (primary N) is 1. The molecule has 0 atom stereocenters. The maximum atomic E-state index is 5.59. The van der Waals surface area contributed by atoms with E-state index in [0.717, 1.165) is 41.4 Å². The normalized spacial score (nSPS) is 36.8. The maximum Gasteiger partial charge on any atom is 0.148 e. The number of rotatable bonds is 4. The van der Waals surface area contributed by atoms with Crippen molar-refractivity contribution < 1.29 is 0 Å². The van der Waals surface area contributed by atoms with Crippen molar-refractivity contribution in [1.29, 1.82) is 0 Å². The quantitative estimate of drug-likeness (QED) is 0.586. The van der Waals surface area contributed by atoms with Gasteiger partial charge >= 0.3 is 0 Å². The number of aromatic nitrogens is 2. The first-order chi connectivity index (χ1) is 10.2. The average Bonchev–Trinajstić information content (AvgIpc) is 2.45. The molecule has 114 valence electrons. The van der Waals surface area contributed by atoms with Crippen LogP contribution in [0.3, 0.4) is 0 Å². The number of anilines is 2. The van der Waals surface area contributed by atoms with E-state index in [4.69, 9.17) is 5.84 Å². The first kappa shape index (κ1) is 13.3. The van der Waals surface area contributed by atoms with E-state index >= 15 is 0 Å². The summed E-state index contributed by atoms with van der Waals surface area (Å²) in [5.74, 6) is 10.1. The molecule has 4 saturated carbocycles. The van der Waals surface area contributed by atoms with Gasteiger partial charge in [0.05, 0.1) is 0 Å². The minimum absolute atomic E-state index is 0.277. The second-order valence-electron chi connectivity index (χ2n) is 7.37. The predicted octanol–water partition coefficient (Wildman–Crippen LogP) is 2.71. The highest BCUT2D eigenvalue weighted by atomic mass is 15.3. The zero-order valence-electron chi connectivity index (χ0n) is 12.7. The molecule has 21 heavy (non-hydrogen) atoms. The molecular formula is C16H25N5. The molecule has 0 amide bonds. The molecule has 0 aliphatic heterocycles. The van der Waals surface area contributed by atoms with Crippen LogP contribution in [0.1, 0.15) is 51.0 Å². The van der Waals surface area contributed by atoms with E-state index in [1.54, 1.807) is 6.33 Å². The van der Waals surface area contributed by atoms with Gasteiger partial charge in [-0.3, -0.25) is 0 Å². The Labute approximate surface area is 126 Å². The predicted molar refractivity (Wildman–Crippen MR) is 83.7 cm³/mol. The monoisotopic (exact) mass is 287 g/mol. The SMILES string of the molecule is CCc1c(NN)ncnc1NC12CC3CC(CC(C3)C1)C2. The van der Waals surface area contributed by atoms with Crippen LogP contribution in [0.5, 0.6) is 0 Å². The highest BCUT2D eigenvalue weighted by molar-refractivity contribution is 5.58. The molecule has 0 aromatic carbocycles. The Morgan fingerprint density at radius 2 is 1.67 bits per heavy atom. The smallest absolute Gasteiger partial charge is 0.148 e. The number of nitrogen functional groups attached to an aromatic ring is 1. The van der Waals surface area contributed by atoms with Gasteiger partial charge in [0.2, 0.25) is 0 Å². The molecule has 5 nitrogen and oxygen atoms in total. The Balaban J connectivity index is 1.64. The second kappa shape index (κ2) is 4.83. The van der Waals surface area contributed by atoms with Crippen molar-refractivity contribution in [2.45, 2.75) is 57.4 Å². The van der Waals surface area contributed by atoms with Crippen molar-refractivity contribution in [2.24, 2.45) is 23.6 Å². The van der Waals surface area contributed by atoms with E-state index in [2.05, 4.69) is 27.6 Å². The molecule has 0 saturated heterocycles. The topological polar surface area (TPSA) is 75.9 Å². The average molecular weight is 287 g/mol. The molecule has 1 aromatic rings. The van der Waals surface area contributed by atoms with Crippen LogP contribution in [0, 0.1) is 17.8 Å². The largest absolute Gasteiger partial charge is 0.364 e. The van der Waals surface area contributed by atoms with Gasteiger partial charge < -0.3 is 10.7 Å². The fourth-order valence-corrected chi connectivity index (χ4v) is 5.49. The summed E-state index contributed by atoms with van der Waals surface area (Å²) >= 11 is 0. The van der Waals surface area contributed by atoms with Crippen LogP contribution >= 0.6 is 0 Å². The lowest BCUT2D eigenvalue weighted by molar-refractivity contribution is 0.0105. The third-order valence-electron chi connectivity index (χ3n) is 5.86. The minimum Gasteiger partial charge on any atom is -0.364 e. The summed E-state index contributed by atoms with van der Waals surface area (Å²) < 4.78 is 0. The van der Waals surface area contributed by atoms with Crippen molar-refractivity contribution in [1.82, 2.24) is 9.97 Å². The third kappa shape index (κ3) is 2.18. The number of nitrogens with one attached hydrogen (secondary N) is 2. The van der Waals surface area contributed by atoms with E-state index in [1.807, 2.05) is 0 Å². The summed E-state index contributed by atoms with van der Waals surface area (Å²) in [6, 6.07) is 0. The highest BCUT2D eigenvalue weighted by Crippen LogP contribution is 2.56. The van der Waals surface area contributed by atoms with Crippen molar-refractivity contribution in [3.8, 4) is 0 Å². The van der Waals surface area contributed by atoms with Crippen molar-refractivity contribution in [2.75, 3.05) is 10.7 Å². The van der Waals surface area contributed by atoms with Crippen LogP contribution in [0.2, 0.25) is 0 Å². The maximum absolute atomic E-state index is 5.59. The zero-order valence-corrected chi connectivity index (χ0v) is 12.7. The fraction of sp³-hybridized carbons (Fsp3) is 0.750. The van der Waals surface area contributed by atoms with Crippen LogP contribution in [0.4, 0.5) is 11.6 Å². The molecule has 1 aromatic heterocycles. The lowest BCUT2D eigenvalue weighted by atomic mass is 9.53. The molecule has 0 unspecified atom stereocenters. The minimum atomic E-state index is 0.277. The summed E-state index contributed by atoms with van der Waals surface area (Å²) in [6.07, 6.45) is 10.8. The second-order valence-corrected chi connectivity index (χ2v) is 7.37. The molecule has 4 N–H and O–H groups in total. The van der Waals surface area contributed by atoms with Gasteiger partial charge in [-0.1, -0.05) is 6.92 Å². The van der Waals surface area contributed by atoms with E-state index in [9.17, 15) is 0 Å². The van der Waals surface area contributed by atoms with E-state index in [1.165, 1.54) is 38.5 Å². The molecule has 4 aliphatic rings. The molecule has 5 rings (SSSR count). The van der Waals surface area contributed by atoms with Crippen molar-refractivity contribution >= 4 is 11.6 Å². The summed E-state index contributed by atoms with van der Waals surface area (Å²) in [6.45, 7) is 2.13. The molecule has 5 heteroatoms.